The van der Waals surface area contributed by atoms with Crippen LogP contribution in [0.4, 0.5) is 0 Å². The average Bonchev–Trinajstić information content (AvgIpc) is 2.54. The molecule has 2 fully saturated rings. The van der Waals surface area contributed by atoms with Crippen molar-refractivity contribution in [3.63, 3.8) is 0 Å². The zero-order valence-electron chi connectivity index (χ0n) is 8.08. The fourth-order valence-corrected chi connectivity index (χ4v) is 2.05. The number of nitrogens with zero attached hydrogens (tertiary/aromatic N) is 1. The first-order valence-corrected chi connectivity index (χ1v) is 5.02. The summed E-state index contributed by atoms with van der Waals surface area (Å²) in [7, 11) is 0. The summed E-state index contributed by atoms with van der Waals surface area (Å²) >= 11 is 0. The SMILES string of the molecule is O=C1CN(C[C@H]2CCCN2)CC(=O)N1. The van der Waals surface area contributed by atoms with Crippen LogP contribution < -0.4 is 10.6 Å². The van der Waals surface area contributed by atoms with Gasteiger partial charge in [-0.15, -0.1) is 0 Å². The molecular weight excluding hydrogens is 182 g/mol. The third-order valence-corrected chi connectivity index (χ3v) is 2.65. The molecule has 0 aromatic heterocycles. The second-order valence-corrected chi connectivity index (χ2v) is 3.93. The number of rotatable bonds is 2. The highest BCUT2D eigenvalue weighted by molar-refractivity contribution is 5.99. The standard InChI is InChI=1S/C9H15N3O2/c13-8-5-12(6-9(14)11-8)4-7-2-1-3-10-7/h7,10H,1-6H2,(H,11,13,14)/t7-/m1/s1. The summed E-state index contributed by atoms with van der Waals surface area (Å²) < 4.78 is 0. The van der Waals surface area contributed by atoms with Gasteiger partial charge in [0, 0.05) is 12.6 Å². The number of hydrogen-bond donors (Lipinski definition) is 2. The fraction of sp³-hybridized carbons (Fsp3) is 0.778. The lowest BCUT2D eigenvalue weighted by Crippen LogP contribution is -2.53. The molecule has 5 nitrogen and oxygen atoms in total. The van der Waals surface area contributed by atoms with Crippen LogP contribution in [-0.2, 0) is 9.59 Å². The summed E-state index contributed by atoms with van der Waals surface area (Å²) in [5.74, 6) is -0.363. The van der Waals surface area contributed by atoms with Gasteiger partial charge in [0.15, 0.2) is 0 Å². The van der Waals surface area contributed by atoms with Crippen molar-refractivity contribution in [2.24, 2.45) is 0 Å². The Kier molecular flexibility index (Phi) is 2.79. The van der Waals surface area contributed by atoms with Gasteiger partial charge in [0.25, 0.3) is 0 Å². The molecule has 0 unspecified atom stereocenters. The predicted octanol–water partition coefficient (Wildman–Crippen LogP) is -1.30. The highest BCUT2D eigenvalue weighted by Crippen LogP contribution is 2.07. The Bertz CT molecular complexity index is 232. The van der Waals surface area contributed by atoms with Gasteiger partial charge < -0.3 is 5.32 Å². The Hall–Kier alpha value is -0.940. The summed E-state index contributed by atoms with van der Waals surface area (Å²) in [6.45, 7) is 2.56. The molecule has 2 aliphatic rings. The molecule has 0 aliphatic carbocycles. The van der Waals surface area contributed by atoms with Crippen LogP contribution in [0, 0.1) is 0 Å². The average molecular weight is 197 g/mol. The molecule has 0 saturated carbocycles. The van der Waals surface area contributed by atoms with Crippen molar-refractivity contribution in [2.75, 3.05) is 26.2 Å². The highest BCUT2D eigenvalue weighted by Gasteiger charge is 2.25. The van der Waals surface area contributed by atoms with Gasteiger partial charge in [-0.05, 0) is 19.4 Å². The van der Waals surface area contributed by atoms with E-state index in [0.717, 1.165) is 19.5 Å². The molecule has 2 amide bonds. The predicted molar refractivity (Wildman–Crippen MR) is 50.6 cm³/mol. The molecule has 0 spiro atoms. The van der Waals surface area contributed by atoms with Crippen molar-refractivity contribution in [3.8, 4) is 0 Å². The maximum atomic E-state index is 11.1. The van der Waals surface area contributed by atoms with Gasteiger partial charge in [-0.2, -0.15) is 0 Å². The van der Waals surface area contributed by atoms with E-state index in [-0.39, 0.29) is 11.8 Å². The van der Waals surface area contributed by atoms with Gasteiger partial charge in [0.1, 0.15) is 0 Å². The van der Waals surface area contributed by atoms with Crippen molar-refractivity contribution in [2.45, 2.75) is 18.9 Å². The molecule has 0 aromatic carbocycles. The van der Waals surface area contributed by atoms with E-state index in [1.807, 2.05) is 4.90 Å². The highest BCUT2D eigenvalue weighted by atomic mass is 16.2. The second kappa shape index (κ2) is 4.06. The summed E-state index contributed by atoms with van der Waals surface area (Å²) in [5.41, 5.74) is 0. The molecule has 14 heavy (non-hydrogen) atoms. The Labute approximate surface area is 82.8 Å². The Morgan fingerprint density at radius 3 is 2.57 bits per heavy atom. The van der Waals surface area contributed by atoms with E-state index in [9.17, 15) is 9.59 Å². The molecule has 0 bridgehead atoms. The van der Waals surface area contributed by atoms with Crippen molar-refractivity contribution in [1.29, 1.82) is 0 Å². The first-order chi connectivity index (χ1) is 6.74. The molecule has 2 heterocycles. The van der Waals surface area contributed by atoms with Crippen LogP contribution in [0.5, 0.6) is 0 Å². The van der Waals surface area contributed by atoms with Crippen LogP contribution in [0.1, 0.15) is 12.8 Å². The van der Waals surface area contributed by atoms with Gasteiger partial charge in [0.05, 0.1) is 13.1 Å². The van der Waals surface area contributed by atoms with Crippen LogP contribution in [0.15, 0.2) is 0 Å². The largest absolute Gasteiger partial charge is 0.313 e. The van der Waals surface area contributed by atoms with E-state index in [4.69, 9.17) is 0 Å². The monoisotopic (exact) mass is 197 g/mol. The Morgan fingerprint density at radius 1 is 1.29 bits per heavy atom. The van der Waals surface area contributed by atoms with Crippen LogP contribution >= 0.6 is 0 Å². The summed E-state index contributed by atoms with van der Waals surface area (Å²) in [5, 5.41) is 5.64. The first kappa shape index (κ1) is 9.61. The number of amides is 2. The molecule has 2 N–H and O–H groups in total. The van der Waals surface area contributed by atoms with E-state index in [1.54, 1.807) is 0 Å². The molecule has 5 heteroatoms. The van der Waals surface area contributed by atoms with Crippen molar-refractivity contribution >= 4 is 11.8 Å². The van der Waals surface area contributed by atoms with Gasteiger partial charge in [-0.3, -0.25) is 19.8 Å². The number of carbonyl (C=O) groups is 2. The molecule has 1 atom stereocenters. The van der Waals surface area contributed by atoms with Gasteiger partial charge in [0.2, 0.25) is 11.8 Å². The van der Waals surface area contributed by atoms with E-state index in [2.05, 4.69) is 10.6 Å². The smallest absolute Gasteiger partial charge is 0.240 e. The fourth-order valence-electron chi connectivity index (χ4n) is 2.05. The van der Waals surface area contributed by atoms with Gasteiger partial charge >= 0.3 is 0 Å². The Balaban J connectivity index is 1.84. The van der Waals surface area contributed by atoms with Crippen LogP contribution in [0.2, 0.25) is 0 Å². The normalized spacial score (nSPS) is 29.3. The lowest BCUT2D eigenvalue weighted by Gasteiger charge is -2.27. The topological polar surface area (TPSA) is 61.4 Å². The molecule has 2 rings (SSSR count). The van der Waals surface area contributed by atoms with Gasteiger partial charge in [-0.1, -0.05) is 0 Å². The third-order valence-electron chi connectivity index (χ3n) is 2.65. The third kappa shape index (κ3) is 2.30. The van der Waals surface area contributed by atoms with Crippen molar-refractivity contribution in [1.82, 2.24) is 15.5 Å². The van der Waals surface area contributed by atoms with Crippen LogP contribution in [0.25, 0.3) is 0 Å². The van der Waals surface area contributed by atoms with E-state index in [0.29, 0.717) is 19.1 Å². The maximum Gasteiger partial charge on any atom is 0.240 e. The summed E-state index contributed by atoms with van der Waals surface area (Å²) in [6, 6.07) is 0.452. The minimum absolute atomic E-state index is 0.181. The lowest BCUT2D eigenvalue weighted by molar-refractivity contribution is -0.136. The molecule has 0 radical (unpaired) electrons. The second-order valence-electron chi connectivity index (χ2n) is 3.93. The minimum Gasteiger partial charge on any atom is -0.313 e. The van der Waals surface area contributed by atoms with E-state index >= 15 is 0 Å². The number of nitrogens with one attached hydrogen (secondary N) is 2. The van der Waals surface area contributed by atoms with Crippen molar-refractivity contribution < 1.29 is 9.59 Å². The number of imide groups is 1. The maximum absolute atomic E-state index is 11.1. The first-order valence-electron chi connectivity index (χ1n) is 5.02. The quantitative estimate of drug-likeness (QED) is 0.540. The summed E-state index contributed by atoms with van der Waals surface area (Å²) in [6.07, 6.45) is 2.34. The van der Waals surface area contributed by atoms with E-state index in [1.165, 1.54) is 6.42 Å². The zero-order valence-corrected chi connectivity index (χ0v) is 8.08. The number of hydrogen-bond acceptors (Lipinski definition) is 4. The Morgan fingerprint density at radius 2 is 2.00 bits per heavy atom. The lowest BCUT2D eigenvalue weighted by atomic mass is 10.2. The molecule has 2 aliphatic heterocycles. The number of carbonyl (C=O) groups excluding carboxylic acids is 2. The van der Waals surface area contributed by atoms with E-state index < -0.39 is 0 Å². The zero-order chi connectivity index (χ0) is 9.97. The molecule has 78 valence electrons. The van der Waals surface area contributed by atoms with Crippen LogP contribution in [-0.4, -0.2) is 48.9 Å². The van der Waals surface area contributed by atoms with Crippen LogP contribution in [0.3, 0.4) is 0 Å². The van der Waals surface area contributed by atoms with Crippen molar-refractivity contribution in [3.05, 3.63) is 0 Å². The number of piperazine rings is 1. The van der Waals surface area contributed by atoms with Gasteiger partial charge in [-0.25, -0.2) is 0 Å². The summed E-state index contributed by atoms with van der Waals surface area (Å²) in [4.78, 5) is 24.0. The minimum atomic E-state index is -0.181. The molecule has 2 saturated heterocycles. The molecular formula is C9H15N3O2. The molecule has 0 aromatic rings.